The number of hydrogen-bond acceptors (Lipinski definition) is 23. The average molecular weight is 1760 g/mol. The maximum Gasteiger partial charge on any atom is 0.227 e. The molecule has 19 aromatic rings. The van der Waals surface area contributed by atoms with E-state index in [0.717, 1.165) is 201 Å². The summed E-state index contributed by atoms with van der Waals surface area (Å²) in [6.45, 7) is 36.1. The number of fused-ring (bicyclic) bond motifs is 17. The molecular formula is C109H108N18O5. The van der Waals surface area contributed by atoms with Crippen LogP contribution in [0.5, 0.6) is 0 Å². The number of hydrogen-bond donors (Lipinski definition) is 0. The SMILES string of the molecule is Cc1ccc2c(n1)oc1c(N3c4cccnc4N(c4ccccc4)C3C)c(C)ccc12.Cc1ccc2c(n1)oc1c(N3c4nccnc4N(c4ccccc4)C3C)c(C)ccc12.[2H]C(C)(C)N1C=CN(c2c(C)ccc3c2oc2nc(C)ccc23)C1C.[2H]C(C)(C)N1C=CN(c2c(C)ccc3c2oc2nc(C)ccc23)C1C.[2H]C([2H])([2H])N1C=CN(c2c(C)ccc3c2oc2nc(C)ccc23)C1C. The van der Waals surface area contributed by atoms with Crippen molar-refractivity contribution in [3.63, 3.8) is 0 Å². The van der Waals surface area contributed by atoms with Gasteiger partial charge in [0.2, 0.25) is 28.6 Å². The van der Waals surface area contributed by atoms with Crippen LogP contribution in [0.25, 0.3) is 110 Å². The van der Waals surface area contributed by atoms with Crippen LogP contribution < -0.4 is 34.3 Å². The van der Waals surface area contributed by atoms with Crippen LogP contribution in [0.15, 0.2) is 272 Å². The van der Waals surface area contributed by atoms with E-state index in [-0.39, 0.29) is 30.8 Å². The predicted molar refractivity (Wildman–Crippen MR) is 537 cm³/mol. The predicted octanol–water partition coefficient (Wildman–Crippen LogP) is 26.7. The number of aromatic nitrogens is 8. The first-order chi connectivity index (χ1) is 65.6. The van der Waals surface area contributed by atoms with E-state index < -0.39 is 19.0 Å². The smallest absolute Gasteiger partial charge is 0.227 e. The Kier molecular flexibility index (Phi) is 20.1. The van der Waals surface area contributed by atoms with Gasteiger partial charge in [0.15, 0.2) is 45.4 Å². The fraction of sp³-hybridized carbons (Fsp3) is 0.248. The van der Waals surface area contributed by atoms with Crippen LogP contribution >= 0.6 is 0 Å². The molecule has 0 bridgehead atoms. The van der Waals surface area contributed by atoms with Gasteiger partial charge in [0.25, 0.3) is 0 Å². The summed E-state index contributed by atoms with van der Waals surface area (Å²) in [6.07, 6.45) is 16.5. The Hall–Kier alpha value is -15.3. The van der Waals surface area contributed by atoms with Crippen LogP contribution in [0, 0.1) is 69.2 Å². The Labute approximate surface area is 774 Å². The van der Waals surface area contributed by atoms with Crippen molar-refractivity contribution in [2.24, 2.45) is 0 Å². The third-order valence-electron chi connectivity index (χ3n) is 25.9. The number of para-hydroxylation sites is 2. The highest BCUT2D eigenvalue weighted by molar-refractivity contribution is 6.14. The van der Waals surface area contributed by atoms with E-state index in [1.807, 2.05) is 201 Å². The van der Waals surface area contributed by atoms with Crippen LogP contribution in [0.1, 0.15) is 125 Å². The van der Waals surface area contributed by atoms with E-state index in [1.54, 1.807) is 24.8 Å². The number of benzene rings is 7. The van der Waals surface area contributed by atoms with Crippen molar-refractivity contribution < 1.29 is 28.9 Å². The molecule has 0 saturated carbocycles. The molecule has 0 amide bonds. The fourth-order valence-electron chi connectivity index (χ4n) is 19.3. The second-order valence-corrected chi connectivity index (χ2v) is 35.2. The number of furan rings is 5. The zero-order valence-electron chi connectivity index (χ0n) is 82.6. The molecule has 0 fully saturated rings. The zero-order valence-corrected chi connectivity index (χ0v) is 77.6. The molecule has 17 heterocycles. The number of anilines is 11. The number of nitrogens with zero attached hydrogens (tertiary/aromatic N) is 18. The first kappa shape index (κ1) is 78.9. The van der Waals surface area contributed by atoms with Gasteiger partial charge in [-0.1, -0.05) is 97.1 Å². The summed E-state index contributed by atoms with van der Waals surface area (Å²) in [5.74, 6) is 2.60. The maximum atomic E-state index is 8.35. The third-order valence-corrected chi connectivity index (χ3v) is 25.9. The van der Waals surface area contributed by atoms with E-state index in [1.165, 1.54) is 4.90 Å². The monoisotopic (exact) mass is 1750 g/mol. The molecular weight excluding hydrogens is 1640 g/mol. The molecule has 5 unspecified atom stereocenters. The minimum absolute atomic E-state index is 0.0273. The molecule has 7 aromatic carbocycles. The summed E-state index contributed by atoms with van der Waals surface area (Å²) in [5.41, 5.74) is 26.0. The van der Waals surface area contributed by atoms with Gasteiger partial charge in [0, 0.05) is 173 Å². The Morgan fingerprint density at radius 1 is 0.280 bits per heavy atom. The molecule has 23 nitrogen and oxygen atoms in total. The lowest BCUT2D eigenvalue weighted by Gasteiger charge is -2.33. The van der Waals surface area contributed by atoms with Crippen LogP contribution in [0.2, 0.25) is 0 Å². The van der Waals surface area contributed by atoms with Crippen LogP contribution in [0.3, 0.4) is 0 Å². The number of pyridine rings is 6. The van der Waals surface area contributed by atoms with Gasteiger partial charge in [-0.05, 0) is 256 Å². The third kappa shape index (κ3) is 14.5. The summed E-state index contributed by atoms with van der Waals surface area (Å²) in [6, 6.07) is 64.9. The molecule has 12 aromatic heterocycles. The van der Waals surface area contributed by atoms with Gasteiger partial charge in [-0.15, -0.1) is 0 Å². The highest BCUT2D eigenvalue weighted by Gasteiger charge is 2.42. The number of rotatable bonds is 9. The molecule has 0 aliphatic carbocycles. The summed E-state index contributed by atoms with van der Waals surface area (Å²) < 4.78 is 70.9. The fourth-order valence-corrected chi connectivity index (χ4v) is 19.3. The summed E-state index contributed by atoms with van der Waals surface area (Å²) in [5, 5.41) is 10.4. The minimum atomic E-state index is -2.18. The first-order valence-corrected chi connectivity index (χ1v) is 44.8. The van der Waals surface area contributed by atoms with Crippen molar-refractivity contribution in [3.05, 3.63) is 306 Å². The molecule has 0 radical (unpaired) electrons. The van der Waals surface area contributed by atoms with Gasteiger partial charge < -0.3 is 66.2 Å². The standard InChI is InChI=1S/C26H22N4O.C25H21N5O.2C20H23N3O.C18H19N3O/c1-16-11-13-20-21-14-12-17(2)28-26(21)31-24(20)23(16)30-18(3)29(19-8-5-4-6-9-19)25-22(30)10-7-15-27-25;1-15-9-11-19-20-12-10-16(2)28-25(20)31-22(19)21(15)30-17(3)29(18-7-5-4-6-8-18)23-24(30)27-14-13-26-23;2*1-12(2)22-10-11-23(15(22)5)18-13(3)6-8-16-17-9-7-14(4)21-20(17)24-19(16)18;1-11-5-7-14-15-8-6-12(2)19-18(15)22-17(14)16(11)21-10-9-20(4)13(21)3/h4-15,18H,1-3H3;4-14,17H,1-3H3;2*6-12,15H,1-5H3;5-10,13H,1-4H3/i;;2*12D;4D3. The van der Waals surface area contributed by atoms with Gasteiger partial charge in [-0.3, -0.25) is 4.90 Å². The van der Waals surface area contributed by atoms with Crippen molar-refractivity contribution in [2.75, 3.05) is 41.3 Å². The van der Waals surface area contributed by atoms with E-state index >= 15 is 0 Å². The summed E-state index contributed by atoms with van der Waals surface area (Å²) in [7, 11) is 0. The van der Waals surface area contributed by atoms with Crippen LogP contribution in [0.4, 0.5) is 63.0 Å². The zero-order chi connectivity index (χ0) is 96.0. The Morgan fingerprint density at radius 2 is 0.576 bits per heavy atom. The maximum absolute atomic E-state index is 8.35. The molecule has 132 heavy (non-hydrogen) atoms. The molecule has 0 saturated heterocycles. The Balaban J connectivity index is 0.000000106. The van der Waals surface area contributed by atoms with E-state index in [2.05, 4.69) is 230 Å². The van der Waals surface area contributed by atoms with Crippen molar-refractivity contribution in [2.45, 2.75) is 174 Å². The van der Waals surface area contributed by atoms with Crippen molar-refractivity contribution in [3.8, 4) is 0 Å². The highest BCUT2D eigenvalue weighted by Crippen LogP contribution is 2.53. The normalized spacial score (nSPS) is 17.7. The van der Waals surface area contributed by atoms with Crippen molar-refractivity contribution in [1.82, 2.24) is 54.6 Å². The van der Waals surface area contributed by atoms with Gasteiger partial charge in [0.05, 0.1) is 36.9 Å². The lowest BCUT2D eigenvalue weighted by molar-refractivity contribution is 0.263. The minimum Gasteiger partial charge on any atom is -0.435 e. The Morgan fingerprint density at radius 3 is 0.917 bits per heavy atom. The Bertz CT molecular complexity index is 7440. The molecule has 5 aliphatic rings. The van der Waals surface area contributed by atoms with Crippen molar-refractivity contribution in [1.29, 1.82) is 0 Å². The lowest BCUT2D eigenvalue weighted by atomic mass is 10.1. The molecule has 23 heteroatoms. The molecule has 5 atom stereocenters. The van der Waals surface area contributed by atoms with Gasteiger partial charge >= 0.3 is 0 Å². The van der Waals surface area contributed by atoms with E-state index in [0.29, 0.717) is 28.6 Å². The van der Waals surface area contributed by atoms with Crippen molar-refractivity contribution >= 4 is 173 Å². The van der Waals surface area contributed by atoms with Gasteiger partial charge in [0.1, 0.15) is 30.8 Å². The number of aryl methyl sites for hydroxylation is 10. The molecule has 0 N–H and O–H groups in total. The average Bonchev–Trinajstić information content (AvgIpc) is 1.58. The highest BCUT2D eigenvalue weighted by atomic mass is 16.4. The summed E-state index contributed by atoms with van der Waals surface area (Å²) in [4.78, 5) is 57.8. The first-order valence-electron chi connectivity index (χ1n) is 47.3. The summed E-state index contributed by atoms with van der Waals surface area (Å²) >= 11 is 0. The largest absolute Gasteiger partial charge is 0.435 e. The quantitative estimate of drug-likeness (QED) is 0.132. The molecule has 0 spiro atoms. The van der Waals surface area contributed by atoms with Gasteiger partial charge in [-0.2, -0.15) is 0 Å². The lowest BCUT2D eigenvalue weighted by Crippen LogP contribution is -2.39. The topological polar surface area (TPSA) is 201 Å². The molecule has 664 valence electrons. The second kappa shape index (κ2) is 33.7. The van der Waals surface area contributed by atoms with Gasteiger partial charge in [-0.25, -0.2) is 39.9 Å². The van der Waals surface area contributed by atoms with E-state index in [9.17, 15) is 0 Å². The van der Waals surface area contributed by atoms with E-state index in [4.69, 9.17) is 38.9 Å². The molecule has 24 rings (SSSR count). The van der Waals surface area contributed by atoms with Crippen LogP contribution in [-0.2, 0) is 0 Å². The second-order valence-electron chi connectivity index (χ2n) is 35.2. The molecule has 5 aliphatic heterocycles. The van der Waals surface area contributed by atoms with Crippen LogP contribution in [-0.4, -0.2) is 104 Å².